The van der Waals surface area contributed by atoms with Crippen molar-refractivity contribution in [3.05, 3.63) is 57.3 Å². The number of hydrogen-bond acceptors (Lipinski definition) is 3. The molecule has 1 aromatic heterocycles. The van der Waals surface area contributed by atoms with E-state index < -0.39 is 0 Å². The molecule has 1 aliphatic carbocycles. The molecule has 0 N–H and O–H groups in total. The highest BCUT2D eigenvalue weighted by molar-refractivity contribution is 7.10. The van der Waals surface area contributed by atoms with Gasteiger partial charge < -0.3 is 4.74 Å². The number of rotatable bonds is 2. The first kappa shape index (κ1) is 12.2. The van der Waals surface area contributed by atoms with Crippen LogP contribution in [0.5, 0.6) is 5.75 Å². The fourth-order valence-electron chi connectivity index (χ4n) is 2.36. The summed E-state index contributed by atoms with van der Waals surface area (Å²) in [4.78, 5) is 13.6. The largest absolute Gasteiger partial charge is 0.497 e. The van der Waals surface area contributed by atoms with E-state index in [9.17, 15) is 4.79 Å². The van der Waals surface area contributed by atoms with Crippen molar-refractivity contribution in [3.8, 4) is 5.75 Å². The van der Waals surface area contributed by atoms with E-state index in [1.165, 1.54) is 0 Å². The Morgan fingerprint density at radius 2 is 2.16 bits per heavy atom. The van der Waals surface area contributed by atoms with E-state index in [2.05, 4.69) is 0 Å². The molecule has 96 valence electrons. The van der Waals surface area contributed by atoms with Crippen LogP contribution in [-0.2, 0) is 6.42 Å². The molecule has 0 amide bonds. The van der Waals surface area contributed by atoms with Crippen molar-refractivity contribution in [2.45, 2.75) is 12.8 Å². The molecule has 0 unspecified atom stereocenters. The normalized spacial score (nSPS) is 16.5. The topological polar surface area (TPSA) is 26.3 Å². The predicted molar refractivity (Wildman–Crippen MR) is 77.9 cm³/mol. The van der Waals surface area contributed by atoms with Gasteiger partial charge >= 0.3 is 0 Å². The van der Waals surface area contributed by atoms with Crippen molar-refractivity contribution in [1.82, 2.24) is 0 Å². The minimum absolute atomic E-state index is 0.150. The number of Topliss-reactive ketones (excluding diaryl/α,β-unsaturated/α-hetero) is 1. The third kappa shape index (κ3) is 2.34. The Balaban J connectivity index is 1.96. The zero-order valence-corrected chi connectivity index (χ0v) is 11.5. The van der Waals surface area contributed by atoms with Gasteiger partial charge in [0.2, 0.25) is 0 Å². The van der Waals surface area contributed by atoms with E-state index in [-0.39, 0.29) is 5.78 Å². The van der Waals surface area contributed by atoms with Crippen LogP contribution >= 0.6 is 11.3 Å². The van der Waals surface area contributed by atoms with Gasteiger partial charge in [0.1, 0.15) is 5.75 Å². The predicted octanol–water partition coefficient (Wildman–Crippen LogP) is 3.97. The van der Waals surface area contributed by atoms with E-state index in [4.69, 9.17) is 4.74 Å². The molecule has 0 bridgehead atoms. The first-order valence-electron chi connectivity index (χ1n) is 6.23. The van der Waals surface area contributed by atoms with Crippen LogP contribution in [0, 0.1) is 0 Å². The van der Waals surface area contributed by atoms with E-state index in [0.717, 1.165) is 40.2 Å². The molecular weight excluding hydrogens is 256 g/mol. The minimum Gasteiger partial charge on any atom is -0.497 e. The molecule has 1 aliphatic rings. The van der Waals surface area contributed by atoms with Gasteiger partial charge in [-0.2, -0.15) is 0 Å². The highest BCUT2D eigenvalue weighted by Crippen LogP contribution is 2.29. The third-order valence-corrected chi connectivity index (χ3v) is 4.19. The summed E-state index contributed by atoms with van der Waals surface area (Å²) < 4.78 is 5.20. The Labute approximate surface area is 116 Å². The van der Waals surface area contributed by atoms with Gasteiger partial charge in [-0.1, -0.05) is 6.07 Å². The average Bonchev–Trinajstić information content (AvgIpc) is 2.94. The van der Waals surface area contributed by atoms with E-state index in [1.807, 2.05) is 41.8 Å². The van der Waals surface area contributed by atoms with E-state index in [0.29, 0.717) is 0 Å². The number of carbonyl (C=O) groups is 1. The second kappa shape index (κ2) is 5.02. The summed E-state index contributed by atoms with van der Waals surface area (Å²) in [6, 6.07) is 9.73. The summed E-state index contributed by atoms with van der Waals surface area (Å²) in [6.07, 6.45) is 3.71. The van der Waals surface area contributed by atoms with Crippen LogP contribution in [0.2, 0.25) is 0 Å². The molecule has 0 spiro atoms. The summed E-state index contributed by atoms with van der Waals surface area (Å²) in [5, 5.41) is 2.03. The van der Waals surface area contributed by atoms with Gasteiger partial charge in [-0.25, -0.2) is 0 Å². The number of aryl methyl sites for hydroxylation is 1. The number of ketones is 1. The Kier molecular flexibility index (Phi) is 3.22. The molecule has 0 saturated heterocycles. The molecule has 0 aliphatic heterocycles. The van der Waals surface area contributed by atoms with Crippen molar-refractivity contribution in [3.63, 3.8) is 0 Å². The van der Waals surface area contributed by atoms with Crippen LogP contribution in [0.25, 0.3) is 6.08 Å². The third-order valence-electron chi connectivity index (χ3n) is 3.37. The summed E-state index contributed by atoms with van der Waals surface area (Å²) in [5.74, 6) is 0.967. The fourth-order valence-corrected chi connectivity index (χ4v) is 3.05. The minimum atomic E-state index is 0.150. The quantitative estimate of drug-likeness (QED) is 0.772. The lowest BCUT2D eigenvalue weighted by Crippen LogP contribution is -2.14. The highest BCUT2D eigenvalue weighted by Gasteiger charge is 2.22. The van der Waals surface area contributed by atoms with Crippen molar-refractivity contribution >= 4 is 23.2 Å². The second-order valence-electron chi connectivity index (χ2n) is 4.54. The molecule has 0 atom stereocenters. The van der Waals surface area contributed by atoms with Crippen LogP contribution in [0.3, 0.4) is 0 Å². The van der Waals surface area contributed by atoms with Crippen molar-refractivity contribution < 1.29 is 9.53 Å². The number of carbonyl (C=O) groups excluding carboxylic acids is 1. The first-order valence-corrected chi connectivity index (χ1v) is 7.11. The fraction of sp³-hybridized carbons (Fsp3) is 0.188. The zero-order valence-electron chi connectivity index (χ0n) is 10.7. The van der Waals surface area contributed by atoms with Crippen molar-refractivity contribution in [1.29, 1.82) is 0 Å². The summed E-state index contributed by atoms with van der Waals surface area (Å²) in [5.41, 5.74) is 2.81. The Bertz CT molecular complexity index is 639. The van der Waals surface area contributed by atoms with E-state index in [1.54, 1.807) is 18.4 Å². The van der Waals surface area contributed by atoms with Crippen molar-refractivity contribution in [2.24, 2.45) is 0 Å². The molecule has 1 heterocycles. The van der Waals surface area contributed by atoms with Gasteiger partial charge in [-0.3, -0.25) is 4.79 Å². The summed E-state index contributed by atoms with van der Waals surface area (Å²) >= 11 is 1.66. The van der Waals surface area contributed by atoms with Crippen molar-refractivity contribution in [2.75, 3.05) is 7.11 Å². The Hall–Kier alpha value is -1.87. The summed E-state index contributed by atoms with van der Waals surface area (Å²) in [7, 11) is 1.65. The van der Waals surface area contributed by atoms with Crippen LogP contribution in [0.1, 0.15) is 27.2 Å². The lowest BCUT2D eigenvalue weighted by molar-refractivity contribution is 0.102. The molecule has 0 fully saturated rings. The highest BCUT2D eigenvalue weighted by atomic mass is 32.1. The number of allylic oxidation sites excluding steroid dienone is 1. The molecule has 3 rings (SSSR count). The number of fused-ring (bicyclic) bond motifs is 1. The maximum atomic E-state index is 12.4. The maximum absolute atomic E-state index is 12.4. The second-order valence-corrected chi connectivity index (χ2v) is 5.52. The number of methoxy groups -OCH3 is 1. The summed E-state index contributed by atoms with van der Waals surface area (Å²) in [6.45, 7) is 0. The van der Waals surface area contributed by atoms with Gasteiger partial charge in [-0.15, -0.1) is 11.3 Å². The Morgan fingerprint density at radius 3 is 2.89 bits per heavy atom. The molecular formula is C16H14O2S. The van der Waals surface area contributed by atoms with E-state index >= 15 is 0 Å². The number of thiophene rings is 1. The lowest BCUT2D eigenvalue weighted by Gasteiger charge is -2.18. The monoisotopic (exact) mass is 270 g/mol. The average molecular weight is 270 g/mol. The molecule has 0 radical (unpaired) electrons. The standard InChI is InChI=1S/C16H14O2S/c1-18-13-6-7-15-11(9-13)4-5-12(16(15)17)10-14-3-2-8-19-14/h2-3,6-10H,4-5H2,1H3/b12-10-. The van der Waals surface area contributed by atoms with Crippen LogP contribution in [-0.4, -0.2) is 12.9 Å². The SMILES string of the molecule is COc1ccc2c(c1)CC/C(=C/c1cccs1)C2=O. The van der Waals surface area contributed by atoms with Gasteiger partial charge in [0.15, 0.2) is 5.78 Å². The zero-order chi connectivity index (χ0) is 13.2. The molecule has 2 nitrogen and oxygen atoms in total. The lowest BCUT2D eigenvalue weighted by atomic mass is 9.86. The van der Waals surface area contributed by atoms with Crippen LogP contribution in [0.4, 0.5) is 0 Å². The van der Waals surface area contributed by atoms with Gasteiger partial charge in [0.05, 0.1) is 7.11 Å². The molecule has 0 saturated carbocycles. The Morgan fingerprint density at radius 1 is 1.26 bits per heavy atom. The van der Waals surface area contributed by atoms with Gasteiger partial charge in [-0.05, 0) is 54.1 Å². The number of benzene rings is 1. The molecule has 3 heteroatoms. The smallest absolute Gasteiger partial charge is 0.189 e. The number of ether oxygens (including phenoxy) is 1. The van der Waals surface area contributed by atoms with Gasteiger partial charge in [0, 0.05) is 16.0 Å². The number of hydrogen-bond donors (Lipinski definition) is 0. The molecule has 2 aromatic rings. The molecule has 1 aromatic carbocycles. The maximum Gasteiger partial charge on any atom is 0.189 e. The van der Waals surface area contributed by atoms with Crippen LogP contribution < -0.4 is 4.74 Å². The van der Waals surface area contributed by atoms with Crippen LogP contribution in [0.15, 0.2) is 41.3 Å². The first-order chi connectivity index (χ1) is 9.28. The van der Waals surface area contributed by atoms with Gasteiger partial charge in [0.25, 0.3) is 0 Å². The molecule has 19 heavy (non-hydrogen) atoms.